The summed E-state index contributed by atoms with van der Waals surface area (Å²) in [5.74, 6) is -9.13. The molecule has 3 amide bonds. The molecule has 1 aliphatic heterocycles. The quantitative estimate of drug-likeness (QED) is 0.221. The van der Waals surface area contributed by atoms with Gasteiger partial charge >= 0.3 is 6.03 Å². The number of aliphatic hydroxyl groups is 2. The van der Waals surface area contributed by atoms with Gasteiger partial charge in [-0.25, -0.2) is 4.79 Å². The lowest BCUT2D eigenvalue weighted by atomic mass is 9.52. The van der Waals surface area contributed by atoms with Crippen LogP contribution in [0.5, 0.6) is 5.75 Å². The number of hydrogen-bond acceptors (Lipinski definition) is 10. The summed E-state index contributed by atoms with van der Waals surface area (Å²) in [6.07, 6.45) is -1.91. The molecule has 4 aliphatic rings. The van der Waals surface area contributed by atoms with Crippen molar-refractivity contribution in [2.45, 2.75) is 30.6 Å². The molecule has 1 saturated heterocycles. The minimum absolute atomic E-state index is 0.0124. The molecule has 0 aromatic heterocycles. The molecule has 3 unspecified atom stereocenters. The van der Waals surface area contributed by atoms with Crippen molar-refractivity contribution in [2.75, 3.05) is 45.7 Å². The number of ketones is 3. The average molecular weight is 545 g/mol. The Hall–Kier alpha value is -3.39. The standard InChI is InChI=1S/C26H32N4O9/c1-29(2)18-13-10-12-9-11-3-4-14(28-25(37)30-5-7-39-8-6-30)19(31)15(11)20(32)16(12)22(34)26(13,38)23(35)17(21(18)33)24(27)36/h3-4,12-13,16-18,23,31,35,38H,5-10H2,1-2H3,(H2,27,36)(H,28,37)/t12-,13-,16?,17?,18-,23?,26-/m0/s1. The van der Waals surface area contributed by atoms with Gasteiger partial charge < -0.3 is 36.0 Å². The van der Waals surface area contributed by atoms with Crippen LogP contribution in [0.4, 0.5) is 10.5 Å². The van der Waals surface area contributed by atoms with E-state index in [9.17, 15) is 39.3 Å². The summed E-state index contributed by atoms with van der Waals surface area (Å²) in [6.45, 7) is 1.47. The van der Waals surface area contributed by atoms with Gasteiger partial charge in [0.25, 0.3) is 0 Å². The van der Waals surface area contributed by atoms with E-state index in [1.54, 1.807) is 20.2 Å². The van der Waals surface area contributed by atoms with Crippen molar-refractivity contribution in [1.82, 2.24) is 9.80 Å². The molecular formula is C26H32N4O9. The highest BCUT2D eigenvalue weighted by Crippen LogP contribution is 2.52. The van der Waals surface area contributed by atoms with Crippen molar-refractivity contribution in [3.05, 3.63) is 23.3 Å². The van der Waals surface area contributed by atoms with Gasteiger partial charge in [0.05, 0.1) is 36.4 Å². The van der Waals surface area contributed by atoms with Gasteiger partial charge in [-0.3, -0.25) is 24.1 Å². The molecule has 39 heavy (non-hydrogen) atoms. The van der Waals surface area contributed by atoms with Gasteiger partial charge in [0.15, 0.2) is 23.0 Å². The van der Waals surface area contributed by atoms with E-state index in [1.165, 1.54) is 15.9 Å². The zero-order chi connectivity index (χ0) is 28.4. The number of nitrogens with zero attached hydrogens (tertiary/aromatic N) is 2. The number of urea groups is 1. The van der Waals surface area contributed by atoms with Gasteiger partial charge in [-0.2, -0.15) is 0 Å². The van der Waals surface area contributed by atoms with Gasteiger partial charge in [0.2, 0.25) is 5.91 Å². The minimum Gasteiger partial charge on any atom is -0.505 e. The third-order valence-electron chi connectivity index (χ3n) is 8.69. The smallest absolute Gasteiger partial charge is 0.322 e. The number of anilines is 1. The van der Waals surface area contributed by atoms with E-state index in [-0.39, 0.29) is 24.1 Å². The third-order valence-corrected chi connectivity index (χ3v) is 8.69. The molecule has 1 aromatic rings. The monoisotopic (exact) mass is 544 g/mol. The maximum Gasteiger partial charge on any atom is 0.322 e. The number of nitrogens with two attached hydrogens (primary N) is 1. The van der Waals surface area contributed by atoms with E-state index >= 15 is 0 Å². The zero-order valence-corrected chi connectivity index (χ0v) is 21.6. The molecule has 2 saturated carbocycles. The number of rotatable bonds is 3. The maximum absolute atomic E-state index is 13.9. The number of phenols is 1. The van der Waals surface area contributed by atoms with Crippen LogP contribution in [0.1, 0.15) is 22.3 Å². The fourth-order valence-electron chi connectivity index (χ4n) is 6.84. The Labute approximate surface area is 223 Å². The molecular weight excluding hydrogens is 512 g/mol. The second-order valence-corrected chi connectivity index (χ2v) is 11.0. The van der Waals surface area contributed by atoms with E-state index in [2.05, 4.69) is 5.32 Å². The Morgan fingerprint density at radius 3 is 2.46 bits per heavy atom. The number of nitrogens with one attached hydrogen (secondary N) is 1. The van der Waals surface area contributed by atoms with E-state index < -0.39 is 76.5 Å². The van der Waals surface area contributed by atoms with Gasteiger partial charge in [-0.15, -0.1) is 0 Å². The minimum atomic E-state index is -2.59. The average Bonchev–Trinajstić information content (AvgIpc) is 2.88. The summed E-state index contributed by atoms with van der Waals surface area (Å²) in [5, 5.41) is 36.3. The van der Waals surface area contributed by atoms with Gasteiger partial charge in [0.1, 0.15) is 17.8 Å². The highest BCUT2D eigenvalue weighted by molar-refractivity contribution is 6.18. The van der Waals surface area contributed by atoms with Gasteiger partial charge in [-0.05, 0) is 44.5 Å². The summed E-state index contributed by atoms with van der Waals surface area (Å²) in [7, 11) is 3.11. The molecule has 0 bridgehead atoms. The van der Waals surface area contributed by atoms with Gasteiger partial charge in [-0.1, -0.05) is 6.07 Å². The lowest BCUT2D eigenvalue weighted by Crippen LogP contribution is -2.75. The van der Waals surface area contributed by atoms with Crippen LogP contribution in [0.15, 0.2) is 12.1 Å². The van der Waals surface area contributed by atoms with Crippen LogP contribution < -0.4 is 11.1 Å². The number of benzene rings is 1. The fraction of sp³-hybridized carbons (Fsp3) is 0.577. The second kappa shape index (κ2) is 9.66. The van der Waals surface area contributed by atoms with E-state index in [0.29, 0.717) is 31.9 Å². The number of amides is 3. The summed E-state index contributed by atoms with van der Waals surface area (Å²) in [5.41, 5.74) is 3.09. The first kappa shape index (κ1) is 27.2. The Bertz CT molecular complexity index is 1260. The number of likely N-dealkylation sites (N-methyl/N-ethyl adjacent to an activating group) is 1. The number of primary amides is 1. The molecule has 3 fully saturated rings. The summed E-state index contributed by atoms with van der Waals surface area (Å²) >= 11 is 0. The van der Waals surface area contributed by atoms with Crippen LogP contribution in [0.25, 0.3) is 0 Å². The molecule has 13 nitrogen and oxygen atoms in total. The molecule has 5 rings (SSSR count). The van der Waals surface area contributed by atoms with Crippen molar-refractivity contribution in [3.63, 3.8) is 0 Å². The summed E-state index contributed by atoms with van der Waals surface area (Å²) in [6, 6.07) is 1.50. The molecule has 1 heterocycles. The molecule has 210 valence electrons. The number of fused-ring (bicyclic) bond motifs is 3. The van der Waals surface area contributed by atoms with Crippen LogP contribution >= 0.6 is 0 Å². The van der Waals surface area contributed by atoms with Crippen molar-refractivity contribution >= 4 is 35.0 Å². The SMILES string of the molecule is CN(C)[C@@H]1C(=O)C(C(N)=O)C(O)[C@@]2(O)C(=O)C3C(=O)c4c(ccc(NC(=O)N5CCOCC5)c4O)C[C@H]3C[C@@H]12. The number of phenolic OH excluding ortho intramolecular Hbond substituents is 1. The molecule has 13 heteroatoms. The Morgan fingerprint density at radius 2 is 1.85 bits per heavy atom. The summed E-state index contributed by atoms with van der Waals surface area (Å²) < 4.78 is 5.24. The highest BCUT2D eigenvalue weighted by Gasteiger charge is 2.69. The summed E-state index contributed by atoms with van der Waals surface area (Å²) in [4.78, 5) is 68.6. The van der Waals surface area contributed by atoms with E-state index in [1.807, 2.05) is 0 Å². The van der Waals surface area contributed by atoms with Crippen LogP contribution in [0.2, 0.25) is 0 Å². The van der Waals surface area contributed by atoms with Crippen molar-refractivity contribution in [2.24, 2.45) is 29.4 Å². The first-order valence-electron chi connectivity index (χ1n) is 12.9. The highest BCUT2D eigenvalue weighted by atomic mass is 16.5. The fourth-order valence-corrected chi connectivity index (χ4v) is 6.84. The lowest BCUT2D eigenvalue weighted by molar-refractivity contribution is -0.203. The first-order chi connectivity index (χ1) is 18.4. The molecule has 0 spiro atoms. The Balaban J connectivity index is 1.51. The zero-order valence-electron chi connectivity index (χ0n) is 21.6. The van der Waals surface area contributed by atoms with Crippen molar-refractivity contribution in [3.8, 4) is 5.75 Å². The number of aliphatic hydroxyl groups excluding tert-OH is 1. The Morgan fingerprint density at radius 1 is 1.18 bits per heavy atom. The molecule has 3 aliphatic carbocycles. The van der Waals surface area contributed by atoms with Gasteiger partial charge in [0, 0.05) is 19.0 Å². The second-order valence-electron chi connectivity index (χ2n) is 11.0. The predicted molar refractivity (Wildman–Crippen MR) is 134 cm³/mol. The van der Waals surface area contributed by atoms with Crippen molar-refractivity contribution < 1.29 is 44.0 Å². The number of hydrogen-bond donors (Lipinski definition) is 5. The van der Waals surface area contributed by atoms with Crippen molar-refractivity contribution in [1.29, 1.82) is 0 Å². The van der Waals surface area contributed by atoms with E-state index in [0.717, 1.165) is 0 Å². The number of aromatic hydroxyl groups is 1. The largest absolute Gasteiger partial charge is 0.505 e. The third kappa shape index (κ3) is 4.03. The number of carbonyl (C=O) groups excluding carboxylic acids is 5. The maximum atomic E-state index is 13.9. The normalized spacial score (nSPS) is 34.3. The molecule has 7 atom stereocenters. The van der Waals surface area contributed by atoms with Crippen LogP contribution in [-0.2, 0) is 25.5 Å². The topological polar surface area (TPSA) is 200 Å². The van der Waals surface area contributed by atoms with Crippen LogP contribution in [0.3, 0.4) is 0 Å². The number of morpholine rings is 1. The first-order valence-corrected chi connectivity index (χ1v) is 12.9. The number of Topliss-reactive ketones (excluding diaryl/α,β-unsaturated/α-hetero) is 3. The number of ether oxygens (including phenoxy) is 1. The molecule has 0 radical (unpaired) electrons. The lowest BCUT2D eigenvalue weighted by Gasteiger charge is -2.55. The van der Waals surface area contributed by atoms with Crippen LogP contribution in [-0.4, -0.2) is 113 Å². The number of carbonyl (C=O) groups is 5. The molecule has 6 N–H and O–H groups in total. The van der Waals surface area contributed by atoms with E-state index in [4.69, 9.17) is 10.5 Å². The molecule has 1 aromatic carbocycles. The van der Waals surface area contributed by atoms with Crippen LogP contribution in [0, 0.1) is 23.7 Å². The predicted octanol–water partition coefficient (Wildman–Crippen LogP) is -1.48. The Kier molecular flexibility index (Phi) is 6.74.